The maximum Gasteiger partial charge on any atom is 0.137 e. The third kappa shape index (κ3) is 4.33. The Kier molecular flexibility index (Phi) is 4.22. The number of fused-ring (bicyclic) bond motifs is 1. The van der Waals surface area contributed by atoms with E-state index in [-0.39, 0.29) is 11.5 Å². The van der Waals surface area contributed by atoms with Crippen molar-refractivity contribution in [3.63, 3.8) is 0 Å². The monoisotopic (exact) mass is 261 g/mol. The number of imidazole rings is 1. The number of aliphatic hydroxyl groups is 1. The van der Waals surface area contributed by atoms with E-state index in [1.165, 1.54) is 0 Å². The van der Waals surface area contributed by atoms with E-state index in [4.69, 9.17) is 0 Å². The molecule has 1 atom stereocenters. The number of hydrogen-bond acceptors (Lipinski definition) is 3. The quantitative estimate of drug-likeness (QED) is 0.867. The number of pyridine rings is 1. The molecule has 0 saturated heterocycles. The first-order valence-corrected chi connectivity index (χ1v) is 6.75. The Morgan fingerprint density at radius 1 is 1.37 bits per heavy atom. The molecule has 2 aromatic rings. The number of rotatable bonds is 5. The van der Waals surface area contributed by atoms with E-state index in [2.05, 4.69) is 31.1 Å². The number of nitrogens with zero attached hydrogens (tertiary/aromatic N) is 2. The molecule has 2 aromatic heterocycles. The molecule has 2 rings (SSSR count). The zero-order valence-electron chi connectivity index (χ0n) is 11.9. The van der Waals surface area contributed by atoms with Crippen LogP contribution in [0.15, 0.2) is 30.6 Å². The predicted molar refractivity (Wildman–Crippen MR) is 77.0 cm³/mol. The summed E-state index contributed by atoms with van der Waals surface area (Å²) in [5.41, 5.74) is 2.10. The Hall–Kier alpha value is -1.39. The van der Waals surface area contributed by atoms with Gasteiger partial charge < -0.3 is 14.8 Å². The number of aromatic nitrogens is 2. The van der Waals surface area contributed by atoms with Gasteiger partial charge in [0, 0.05) is 25.5 Å². The minimum atomic E-state index is -0.308. The van der Waals surface area contributed by atoms with Gasteiger partial charge in [-0.05, 0) is 24.0 Å². The topological polar surface area (TPSA) is 49.6 Å². The van der Waals surface area contributed by atoms with Gasteiger partial charge in [-0.15, -0.1) is 0 Å². The standard InChI is InChI=1S/C15H23N3O/c1-15(2,3)8-13(19)10-16-9-12-11-18-7-5-4-6-14(18)17-12/h4-7,11,13,16,19H,8-10H2,1-3H3/t13-/m0/s1. The maximum atomic E-state index is 9.91. The zero-order valence-corrected chi connectivity index (χ0v) is 11.9. The Balaban J connectivity index is 1.82. The second-order valence-corrected chi connectivity index (χ2v) is 6.25. The van der Waals surface area contributed by atoms with Crippen LogP contribution in [0.2, 0.25) is 0 Å². The molecular weight excluding hydrogens is 238 g/mol. The van der Waals surface area contributed by atoms with Crippen LogP contribution in [0.5, 0.6) is 0 Å². The van der Waals surface area contributed by atoms with Crippen LogP contribution in [0.4, 0.5) is 0 Å². The third-order valence-electron chi connectivity index (χ3n) is 2.95. The van der Waals surface area contributed by atoms with Gasteiger partial charge in [-0.2, -0.15) is 0 Å². The second-order valence-electron chi connectivity index (χ2n) is 6.25. The molecule has 104 valence electrons. The lowest BCUT2D eigenvalue weighted by molar-refractivity contribution is 0.119. The van der Waals surface area contributed by atoms with Crippen molar-refractivity contribution in [2.75, 3.05) is 6.54 Å². The first kappa shape index (κ1) is 14.0. The number of hydrogen-bond donors (Lipinski definition) is 2. The van der Waals surface area contributed by atoms with Crippen LogP contribution in [0.1, 0.15) is 32.9 Å². The smallest absolute Gasteiger partial charge is 0.137 e. The Morgan fingerprint density at radius 2 is 2.16 bits per heavy atom. The Bertz CT molecular complexity index is 494. The molecule has 0 bridgehead atoms. The average molecular weight is 261 g/mol. The fourth-order valence-electron chi connectivity index (χ4n) is 2.22. The van der Waals surface area contributed by atoms with Crippen molar-refractivity contribution in [1.82, 2.24) is 14.7 Å². The molecule has 0 spiro atoms. The van der Waals surface area contributed by atoms with Crippen molar-refractivity contribution in [2.24, 2.45) is 5.41 Å². The van der Waals surface area contributed by atoms with Crippen LogP contribution < -0.4 is 5.32 Å². The van der Waals surface area contributed by atoms with Crippen LogP contribution in [0, 0.1) is 5.41 Å². The van der Waals surface area contributed by atoms with E-state index in [1.54, 1.807) is 0 Å². The molecule has 2 N–H and O–H groups in total. The van der Waals surface area contributed by atoms with Crippen LogP contribution in [0.25, 0.3) is 5.65 Å². The van der Waals surface area contributed by atoms with Crippen LogP contribution >= 0.6 is 0 Å². The highest BCUT2D eigenvalue weighted by molar-refractivity contribution is 5.39. The Labute approximate surface area is 114 Å². The lowest BCUT2D eigenvalue weighted by Crippen LogP contribution is -2.29. The molecule has 0 saturated carbocycles. The van der Waals surface area contributed by atoms with E-state index < -0.39 is 0 Å². The number of nitrogens with one attached hydrogen (secondary N) is 1. The van der Waals surface area contributed by atoms with Crippen molar-refractivity contribution < 1.29 is 5.11 Å². The Morgan fingerprint density at radius 3 is 2.84 bits per heavy atom. The highest BCUT2D eigenvalue weighted by atomic mass is 16.3. The molecule has 4 heteroatoms. The predicted octanol–water partition coefficient (Wildman–Crippen LogP) is 2.22. The van der Waals surface area contributed by atoms with Gasteiger partial charge in [0.25, 0.3) is 0 Å². The summed E-state index contributed by atoms with van der Waals surface area (Å²) in [5.74, 6) is 0. The maximum absolute atomic E-state index is 9.91. The lowest BCUT2D eigenvalue weighted by atomic mass is 9.89. The lowest BCUT2D eigenvalue weighted by Gasteiger charge is -2.22. The van der Waals surface area contributed by atoms with Gasteiger partial charge in [0.05, 0.1) is 11.8 Å². The summed E-state index contributed by atoms with van der Waals surface area (Å²) >= 11 is 0. The van der Waals surface area contributed by atoms with Gasteiger partial charge >= 0.3 is 0 Å². The first-order valence-electron chi connectivity index (χ1n) is 6.75. The second kappa shape index (κ2) is 5.72. The van der Waals surface area contributed by atoms with E-state index in [1.807, 2.05) is 35.0 Å². The van der Waals surface area contributed by atoms with Crippen molar-refractivity contribution in [1.29, 1.82) is 0 Å². The first-order chi connectivity index (χ1) is 8.94. The highest BCUT2D eigenvalue weighted by Gasteiger charge is 2.16. The molecule has 0 aliphatic heterocycles. The van der Waals surface area contributed by atoms with E-state index >= 15 is 0 Å². The molecule has 2 heterocycles. The summed E-state index contributed by atoms with van der Waals surface area (Å²) < 4.78 is 2.00. The molecule has 0 aliphatic rings. The fraction of sp³-hybridized carbons (Fsp3) is 0.533. The summed E-state index contributed by atoms with van der Waals surface area (Å²) in [5, 5.41) is 13.2. The van der Waals surface area contributed by atoms with Crippen molar-refractivity contribution >= 4 is 5.65 Å². The minimum absolute atomic E-state index is 0.157. The fourth-order valence-corrected chi connectivity index (χ4v) is 2.22. The van der Waals surface area contributed by atoms with Crippen LogP contribution in [0.3, 0.4) is 0 Å². The summed E-state index contributed by atoms with van der Waals surface area (Å²) in [6, 6.07) is 5.95. The summed E-state index contributed by atoms with van der Waals surface area (Å²) in [7, 11) is 0. The summed E-state index contributed by atoms with van der Waals surface area (Å²) in [6.45, 7) is 7.70. The molecule has 0 amide bonds. The molecule has 0 fully saturated rings. The van der Waals surface area contributed by atoms with Crippen molar-refractivity contribution in [3.05, 3.63) is 36.3 Å². The molecule has 4 nitrogen and oxygen atoms in total. The third-order valence-corrected chi connectivity index (χ3v) is 2.95. The van der Waals surface area contributed by atoms with Crippen LogP contribution in [-0.2, 0) is 6.54 Å². The average Bonchev–Trinajstić information content (AvgIpc) is 2.68. The van der Waals surface area contributed by atoms with Crippen molar-refractivity contribution in [2.45, 2.75) is 39.8 Å². The molecule has 0 unspecified atom stereocenters. The van der Waals surface area contributed by atoms with E-state index in [9.17, 15) is 5.11 Å². The van der Waals surface area contributed by atoms with Gasteiger partial charge in [-0.3, -0.25) is 0 Å². The van der Waals surface area contributed by atoms with Gasteiger partial charge in [0.1, 0.15) is 5.65 Å². The van der Waals surface area contributed by atoms with E-state index in [0.717, 1.165) is 17.8 Å². The normalized spacial score (nSPS) is 13.9. The molecule has 0 aliphatic carbocycles. The van der Waals surface area contributed by atoms with Gasteiger partial charge in [0.15, 0.2) is 0 Å². The summed E-state index contributed by atoms with van der Waals surface area (Å²) in [6.07, 6.45) is 4.49. The van der Waals surface area contributed by atoms with E-state index in [0.29, 0.717) is 13.1 Å². The molecule has 19 heavy (non-hydrogen) atoms. The van der Waals surface area contributed by atoms with Crippen LogP contribution in [-0.4, -0.2) is 27.1 Å². The highest BCUT2D eigenvalue weighted by Crippen LogP contribution is 2.20. The zero-order chi connectivity index (χ0) is 13.9. The molecule has 0 radical (unpaired) electrons. The van der Waals surface area contributed by atoms with Crippen molar-refractivity contribution in [3.8, 4) is 0 Å². The van der Waals surface area contributed by atoms with Gasteiger partial charge in [-0.1, -0.05) is 26.8 Å². The number of aliphatic hydroxyl groups excluding tert-OH is 1. The minimum Gasteiger partial charge on any atom is -0.392 e. The largest absolute Gasteiger partial charge is 0.392 e. The molecular formula is C15H23N3O. The van der Waals surface area contributed by atoms with Gasteiger partial charge in [-0.25, -0.2) is 4.98 Å². The summed E-state index contributed by atoms with van der Waals surface area (Å²) in [4.78, 5) is 4.50. The molecule has 0 aromatic carbocycles. The van der Waals surface area contributed by atoms with Gasteiger partial charge in [0.2, 0.25) is 0 Å². The SMILES string of the molecule is CC(C)(C)C[C@H](O)CNCc1cn2ccccc2n1.